The maximum atomic E-state index is 12.3. The van der Waals surface area contributed by atoms with Gasteiger partial charge in [-0.2, -0.15) is 0 Å². The lowest BCUT2D eigenvalue weighted by atomic mass is 9.98. The fourth-order valence-electron chi connectivity index (χ4n) is 3.77. The molecule has 6 heteroatoms. The fraction of sp³-hybridized carbons (Fsp3) is 0.417. The molecule has 0 bridgehead atoms. The van der Waals surface area contributed by atoms with Gasteiger partial charge < -0.3 is 19.5 Å². The van der Waals surface area contributed by atoms with Crippen molar-refractivity contribution in [3.05, 3.63) is 59.7 Å². The molecular formula is C24H29NO5. The fourth-order valence-corrected chi connectivity index (χ4v) is 3.77. The highest BCUT2D eigenvalue weighted by atomic mass is 16.6. The Morgan fingerprint density at radius 1 is 1.00 bits per heavy atom. The van der Waals surface area contributed by atoms with E-state index in [9.17, 15) is 9.59 Å². The quantitative estimate of drug-likeness (QED) is 0.689. The monoisotopic (exact) mass is 411 g/mol. The number of methoxy groups -OCH3 is 1. The van der Waals surface area contributed by atoms with E-state index in [-0.39, 0.29) is 25.5 Å². The average molecular weight is 411 g/mol. The highest BCUT2D eigenvalue weighted by Gasteiger charge is 2.29. The highest BCUT2D eigenvalue weighted by molar-refractivity contribution is 5.79. The Morgan fingerprint density at radius 3 is 2.10 bits per heavy atom. The molecule has 1 amide bonds. The maximum absolute atomic E-state index is 12.3. The summed E-state index contributed by atoms with van der Waals surface area (Å²) in [5.41, 5.74) is 4.22. The minimum atomic E-state index is -0.538. The van der Waals surface area contributed by atoms with Crippen molar-refractivity contribution in [2.75, 3.05) is 20.3 Å². The zero-order chi connectivity index (χ0) is 21.7. The average Bonchev–Trinajstić information content (AvgIpc) is 3.03. The Morgan fingerprint density at radius 2 is 1.57 bits per heavy atom. The molecule has 0 saturated heterocycles. The summed E-state index contributed by atoms with van der Waals surface area (Å²) in [6.45, 7) is 6.07. The predicted molar refractivity (Wildman–Crippen MR) is 114 cm³/mol. The van der Waals surface area contributed by atoms with Crippen molar-refractivity contribution >= 4 is 12.1 Å². The molecule has 0 heterocycles. The lowest BCUT2D eigenvalue weighted by Crippen LogP contribution is -2.39. The van der Waals surface area contributed by atoms with Crippen LogP contribution in [-0.2, 0) is 19.0 Å². The number of ether oxygens (including phenoxy) is 3. The standard InChI is InChI=1S/C24H29NO5/c1-24(2,3)30-16(13-22(26)28-4)14-25-23(27)29-15-21-19-11-7-5-9-17(19)18-10-6-8-12-20(18)21/h5-12,16,21H,13-15H2,1-4H3,(H,25,27)/t16-/m1/s1. The third kappa shape index (κ3) is 5.39. The molecule has 0 radical (unpaired) electrons. The summed E-state index contributed by atoms with van der Waals surface area (Å²) in [6, 6.07) is 16.4. The van der Waals surface area contributed by atoms with E-state index in [0.717, 1.165) is 11.1 Å². The number of esters is 1. The molecule has 2 aromatic carbocycles. The Balaban J connectivity index is 1.59. The normalized spacial score (nSPS) is 13.9. The molecule has 30 heavy (non-hydrogen) atoms. The van der Waals surface area contributed by atoms with E-state index >= 15 is 0 Å². The summed E-state index contributed by atoms with van der Waals surface area (Å²) in [4.78, 5) is 24.0. The predicted octanol–water partition coefficient (Wildman–Crippen LogP) is 4.27. The molecule has 160 valence electrons. The van der Waals surface area contributed by atoms with Crippen LogP contribution < -0.4 is 5.32 Å². The molecule has 0 saturated carbocycles. The number of alkyl carbamates (subject to hydrolysis) is 1. The second-order valence-electron chi connectivity index (χ2n) is 8.34. The Hall–Kier alpha value is -2.86. The van der Waals surface area contributed by atoms with Crippen molar-refractivity contribution in [1.29, 1.82) is 0 Å². The van der Waals surface area contributed by atoms with E-state index < -0.39 is 23.8 Å². The summed E-state index contributed by atoms with van der Waals surface area (Å²) >= 11 is 0. The number of fused-ring (bicyclic) bond motifs is 3. The van der Waals surface area contributed by atoms with Crippen LogP contribution >= 0.6 is 0 Å². The van der Waals surface area contributed by atoms with Gasteiger partial charge in [0.2, 0.25) is 0 Å². The van der Waals surface area contributed by atoms with Gasteiger partial charge in [-0.3, -0.25) is 4.79 Å². The molecule has 0 aliphatic heterocycles. The first-order valence-electron chi connectivity index (χ1n) is 10.1. The van der Waals surface area contributed by atoms with E-state index in [4.69, 9.17) is 14.2 Å². The van der Waals surface area contributed by atoms with Crippen LogP contribution in [0, 0.1) is 0 Å². The number of benzene rings is 2. The number of rotatable bonds is 7. The summed E-state index contributed by atoms with van der Waals surface area (Å²) in [5, 5.41) is 2.71. The minimum absolute atomic E-state index is 0.000147. The first-order valence-corrected chi connectivity index (χ1v) is 10.1. The van der Waals surface area contributed by atoms with Crippen molar-refractivity contribution in [2.45, 2.75) is 44.8 Å². The molecular weight excluding hydrogens is 382 g/mol. The summed E-state index contributed by atoms with van der Waals surface area (Å²) in [5.74, 6) is -0.390. The largest absolute Gasteiger partial charge is 0.469 e. The highest BCUT2D eigenvalue weighted by Crippen LogP contribution is 2.44. The molecule has 2 aromatic rings. The first kappa shape index (κ1) is 21.8. The van der Waals surface area contributed by atoms with E-state index in [1.807, 2.05) is 45.0 Å². The molecule has 1 atom stereocenters. The van der Waals surface area contributed by atoms with Gasteiger partial charge in [-0.1, -0.05) is 48.5 Å². The lowest BCUT2D eigenvalue weighted by molar-refractivity contribution is -0.146. The zero-order valence-corrected chi connectivity index (χ0v) is 17.9. The third-order valence-electron chi connectivity index (χ3n) is 4.96. The molecule has 6 nitrogen and oxygen atoms in total. The van der Waals surface area contributed by atoms with Crippen LogP contribution in [0.15, 0.2) is 48.5 Å². The number of nitrogens with one attached hydrogen (secondary N) is 1. The molecule has 0 spiro atoms. The molecule has 3 rings (SSSR count). The Labute approximate surface area is 177 Å². The van der Waals surface area contributed by atoms with Gasteiger partial charge in [-0.15, -0.1) is 0 Å². The zero-order valence-electron chi connectivity index (χ0n) is 17.9. The summed E-state index contributed by atoms with van der Waals surface area (Å²) in [7, 11) is 1.33. The Bertz CT molecular complexity index is 857. The van der Waals surface area contributed by atoms with Gasteiger partial charge in [0.1, 0.15) is 6.61 Å². The number of amides is 1. The smallest absolute Gasteiger partial charge is 0.407 e. The lowest BCUT2D eigenvalue weighted by Gasteiger charge is -2.27. The van der Waals surface area contributed by atoms with E-state index in [1.54, 1.807) is 0 Å². The van der Waals surface area contributed by atoms with Gasteiger partial charge >= 0.3 is 12.1 Å². The SMILES string of the molecule is COC(=O)C[C@H](CNC(=O)OCC1c2ccccc2-c2ccccc21)OC(C)(C)C. The first-order chi connectivity index (χ1) is 14.3. The number of carbonyl (C=O) groups excluding carboxylic acids is 2. The Kier molecular flexibility index (Phi) is 6.77. The molecule has 0 aromatic heterocycles. The van der Waals surface area contributed by atoms with E-state index in [1.165, 1.54) is 18.2 Å². The van der Waals surface area contributed by atoms with Crippen LogP contribution in [0.2, 0.25) is 0 Å². The van der Waals surface area contributed by atoms with Gasteiger partial charge in [0, 0.05) is 12.5 Å². The van der Waals surface area contributed by atoms with Crippen LogP contribution in [0.5, 0.6) is 0 Å². The van der Waals surface area contributed by atoms with Crippen LogP contribution in [0.4, 0.5) is 4.79 Å². The number of hydrogen-bond acceptors (Lipinski definition) is 5. The van der Waals surface area contributed by atoms with Crippen molar-refractivity contribution < 1.29 is 23.8 Å². The number of carbonyl (C=O) groups is 2. The maximum Gasteiger partial charge on any atom is 0.407 e. The van der Waals surface area contributed by atoms with Crippen molar-refractivity contribution in [2.24, 2.45) is 0 Å². The summed E-state index contributed by atoms with van der Waals surface area (Å²) < 4.78 is 16.1. The van der Waals surface area contributed by atoms with Crippen LogP contribution in [-0.4, -0.2) is 44.0 Å². The van der Waals surface area contributed by atoms with Crippen molar-refractivity contribution in [1.82, 2.24) is 5.32 Å². The van der Waals surface area contributed by atoms with Crippen LogP contribution in [0.3, 0.4) is 0 Å². The summed E-state index contributed by atoms with van der Waals surface area (Å²) in [6.07, 6.45) is -0.987. The van der Waals surface area contributed by atoms with E-state index in [0.29, 0.717) is 0 Å². The molecule has 1 aliphatic rings. The molecule has 1 N–H and O–H groups in total. The number of hydrogen-bond donors (Lipinski definition) is 1. The molecule has 1 aliphatic carbocycles. The van der Waals surface area contributed by atoms with Gasteiger partial charge in [-0.25, -0.2) is 4.79 Å². The minimum Gasteiger partial charge on any atom is -0.469 e. The van der Waals surface area contributed by atoms with Crippen molar-refractivity contribution in [3.63, 3.8) is 0 Å². The van der Waals surface area contributed by atoms with Crippen LogP contribution in [0.1, 0.15) is 44.2 Å². The topological polar surface area (TPSA) is 73.9 Å². The molecule has 0 unspecified atom stereocenters. The second kappa shape index (κ2) is 9.30. The van der Waals surface area contributed by atoms with Gasteiger partial charge in [0.05, 0.1) is 25.2 Å². The van der Waals surface area contributed by atoms with Crippen molar-refractivity contribution in [3.8, 4) is 11.1 Å². The van der Waals surface area contributed by atoms with Gasteiger partial charge in [-0.05, 0) is 43.0 Å². The van der Waals surface area contributed by atoms with Gasteiger partial charge in [0.25, 0.3) is 0 Å². The van der Waals surface area contributed by atoms with Gasteiger partial charge in [0.15, 0.2) is 0 Å². The third-order valence-corrected chi connectivity index (χ3v) is 4.96. The van der Waals surface area contributed by atoms with Crippen LogP contribution in [0.25, 0.3) is 11.1 Å². The second-order valence-corrected chi connectivity index (χ2v) is 8.34. The molecule has 0 fully saturated rings. The van der Waals surface area contributed by atoms with E-state index in [2.05, 4.69) is 29.6 Å².